The van der Waals surface area contributed by atoms with Gasteiger partial charge in [-0.25, -0.2) is 0 Å². The Balaban J connectivity index is 1.86. The standard InChI is InChI=1S/C13H14N2O2S2/c1-14(9-11-5-4-8-18-11)12(16)10-19-13-6-2-3-7-15(13)17/h2-8H,9-10H2,1H3. The van der Waals surface area contributed by atoms with Gasteiger partial charge in [0, 0.05) is 24.1 Å². The smallest absolute Gasteiger partial charge is 0.251 e. The zero-order valence-corrected chi connectivity index (χ0v) is 12.1. The Morgan fingerprint density at radius 3 is 2.95 bits per heavy atom. The quantitative estimate of drug-likeness (QED) is 0.482. The highest BCUT2D eigenvalue weighted by Gasteiger charge is 2.13. The van der Waals surface area contributed by atoms with Crippen LogP contribution in [0.15, 0.2) is 46.9 Å². The van der Waals surface area contributed by atoms with Crippen LogP contribution in [0.25, 0.3) is 0 Å². The van der Waals surface area contributed by atoms with Gasteiger partial charge in [0.15, 0.2) is 6.20 Å². The number of nitrogens with zero attached hydrogens (tertiary/aromatic N) is 2. The van der Waals surface area contributed by atoms with Gasteiger partial charge in [0.1, 0.15) is 0 Å². The molecule has 6 heteroatoms. The molecule has 0 aliphatic heterocycles. The molecular formula is C13H14N2O2S2. The average molecular weight is 294 g/mol. The number of hydrogen-bond donors (Lipinski definition) is 0. The third kappa shape index (κ3) is 3.97. The Bertz CT molecular complexity index is 543. The van der Waals surface area contributed by atoms with Gasteiger partial charge in [0.2, 0.25) is 5.91 Å². The highest BCUT2D eigenvalue weighted by molar-refractivity contribution is 7.99. The molecule has 0 atom stereocenters. The van der Waals surface area contributed by atoms with Crippen molar-refractivity contribution in [2.45, 2.75) is 11.6 Å². The normalized spacial score (nSPS) is 10.4. The van der Waals surface area contributed by atoms with E-state index in [0.29, 0.717) is 11.6 Å². The average Bonchev–Trinajstić information content (AvgIpc) is 2.90. The fraction of sp³-hybridized carbons (Fsp3) is 0.231. The van der Waals surface area contributed by atoms with Crippen LogP contribution < -0.4 is 4.73 Å². The van der Waals surface area contributed by atoms with Crippen molar-refractivity contribution >= 4 is 29.0 Å². The largest absolute Gasteiger partial charge is 0.618 e. The summed E-state index contributed by atoms with van der Waals surface area (Å²) in [4.78, 5) is 14.8. The Morgan fingerprint density at radius 1 is 1.42 bits per heavy atom. The fourth-order valence-electron chi connectivity index (χ4n) is 1.49. The molecule has 0 bridgehead atoms. The number of pyridine rings is 1. The van der Waals surface area contributed by atoms with E-state index in [-0.39, 0.29) is 11.7 Å². The molecule has 1 amide bonds. The highest BCUT2D eigenvalue weighted by Crippen LogP contribution is 2.15. The van der Waals surface area contributed by atoms with Crippen molar-refractivity contribution in [2.24, 2.45) is 0 Å². The molecule has 0 aliphatic carbocycles. The Hall–Kier alpha value is -1.53. The Labute approximate surface area is 120 Å². The van der Waals surface area contributed by atoms with Crippen LogP contribution in [0, 0.1) is 5.21 Å². The van der Waals surface area contributed by atoms with Crippen molar-refractivity contribution in [2.75, 3.05) is 12.8 Å². The number of carbonyl (C=O) groups excluding carboxylic acids is 1. The molecule has 0 unspecified atom stereocenters. The van der Waals surface area contributed by atoms with Crippen LogP contribution in [0.1, 0.15) is 4.88 Å². The minimum Gasteiger partial charge on any atom is -0.618 e. The zero-order chi connectivity index (χ0) is 13.7. The predicted molar refractivity (Wildman–Crippen MR) is 76.9 cm³/mol. The second-order valence-electron chi connectivity index (χ2n) is 3.98. The molecular weight excluding hydrogens is 280 g/mol. The van der Waals surface area contributed by atoms with E-state index in [1.807, 2.05) is 17.5 Å². The van der Waals surface area contributed by atoms with Crippen LogP contribution in [-0.4, -0.2) is 23.6 Å². The van der Waals surface area contributed by atoms with Crippen LogP contribution in [0.5, 0.6) is 0 Å². The van der Waals surface area contributed by atoms with Gasteiger partial charge >= 0.3 is 0 Å². The van der Waals surface area contributed by atoms with Gasteiger partial charge < -0.3 is 10.1 Å². The number of aromatic nitrogens is 1. The molecule has 100 valence electrons. The molecule has 2 aromatic rings. The van der Waals surface area contributed by atoms with Gasteiger partial charge in [-0.2, -0.15) is 4.73 Å². The first-order chi connectivity index (χ1) is 9.16. The summed E-state index contributed by atoms with van der Waals surface area (Å²) in [6.07, 6.45) is 1.43. The van der Waals surface area contributed by atoms with E-state index in [0.717, 1.165) is 9.61 Å². The number of rotatable bonds is 5. The molecule has 0 aromatic carbocycles. The first kappa shape index (κ1) is 13.9. The molecule has 0 fully saturated rings. The second kappa shape index (κ2) is 6.58. The summed E-state index contributed by atoms with van der Waals surface area (Å²) in [6.45, 7) is 0.614. The maximum atomic E-state index is 12.0. The third-order valence-electron chi connectivity index (χ3n) is 2.53. The van der Waals surface area contributed by atoms with Gasteiger partial charge in [0.05, 0.1) is 12.3 Å². The summed E-state index contributed by atoms with van der Waals surface area (Å²) in [5.41, 5.74) is 0. The Kier molecular flexibility index (Phi) is 4.81. The SMILES string of the molecule is CN(Cc1cccs1)C(=O)CSc1cccc[n+]1[O-]. The van der Waals surface area contributed by atoms with Crippen molar-refractivity contribution in [3.63, 3.8) is 0 Å². The summed E-state index contributed by atoms with van der Waals surface area (Å²) in [6, 6.07) is 9.14. The monoisotopic (exact) mass is 294 g/mol. The fourth-order valence-corrected chi connectivity index (χ4v) is 3.11. The predicted octanol–water partition coefficient (Wildman–Crippen LogP) is 2.13. The van der Waals surface area contributed by atoms with Crippen LogP contribution in [0.4, 0.5) is 0 Å². The van der Waals surface area contributed by atoms with Gasteiger partial charge in [-0.05, 0) is 29.3 Å². The highest BCUT2D eigenvalue weighted by atomic mass is 32.2. The lowest BCUT2D eigenvalue weighted by Gasteiger charge is -2.15. The molecule has 0 saturated carbocycles. The van der Waals surface area contributed by atoms with E-state index in [9.17, 15) is 10.0 Å². The van der Waals surface area contributed by atoms with E-state index in [1.165, 1.54) is 18.0 Å². The number of carbonyl (C=O) groups is 1. The summed E-state index contributed by atoms with van der Waals surface area (Å²) >= 11 is 2.89. The molecule has 4 nitrogen and oxygen atoms in total. The topological polar surface area (TPSA) is 47.2 Å². The Morgan fingerprint density at radius 2 is 2.26 bits per heavy atom. The van der Waals surface area contributed by atoms with Crippen molar-refractivity contribution in [1.29, 1.82) is 0 Å². The number of thiophene rings is 1. The van der Waals surface area contributed by atoms with E-state index >= 15 is 0 Å². The summed E-state index contributed by atoms with van der Waals surface area (Å²) in [5.74, 6) is 0.288. The van der Waals surface area contributed by atoms with Gasteiger partial charge in [-0.1, -0.05) is 6.07 Å². The van der Waals surface area contributed by atoms with Crippen LogP contribution >= 0.6 is 23.1 Å². The van der Waals surface area contributed by atoms with Crippen LogP contribution in [0.3, 0.4) is 0 Å². The second-order valence-corrected chi connectivity index (χ2v) is 6.01. The minimum atomic E-state index is 0.0160. The molecule has 2 rings (SSSR count). The summed E-state index contributed by atoms with van der Waals surface area (Å²) in [5, 5.41) is 14.0. The maximum Gasteiger partial charge on any atom is 0.251 e. The molecule has 2 heterocycles. The molecule has 0 saturated heterocycles. The van der Waals surface area contributed by atoms with Gasteiger partial charge in [-0.3, -0.25) is 4.79 Å². The number of hydrogen-bond acceptors (Lipinski definition) is 4. The molecule has 0 spiro atoms. The molecule has 19 heavy (non-hydrogen) atoms. The van der Waals surface area contributed by atoms with Crippen molar-refractivity contribution in [3.8, 4) is 0 Å². The molecule has 0 radical (unpaired) electrons. The first-order valence-corrected chi connectivity index (χ1v) is 7.60. The van der Waals surface area contributed by atoms with Crippen LogP contribution in [0.2, 0.25) is 0 Å². The van der Waals surface area contributed by atoms with E-state index < -0.39 is 0 Å². The molecule has 0 N–H and O–H groups in total. The van der Waals surface area contributed by atoms with Gasteiger partial charge in [-0.15, -0.1) is 11.3 Å². The van der Waals surface area contributed by atoms with E-state index in [4.69, 9.17) is 0 Å². The zero-order valence-electron chi connectivity index (χ0n) is 10.5. The molecule has 0 aliphatic rings. The number of amides is 1. The van der Waals surface area contributed by atoms with E-state index in [2.05, 4.69) is 0 Å². The lowest BCUT2D eigenvalue weighted by atomic mass is 10.4. The van der Waals surface area contributed by atoms with Crippen LogP contribution in [-0.2, 0) is 11.3 Å². The summed E-state index contributed by atoms with van der Waals surface area (Å²) < 4.78 is 0.775. The van der Waals surface area contributed by atoms with Gasteiger partial charge in [0.25, 0.3) is 5.03 Å². The summed E-state index contributed by atoms with van der Waals surface area (Å²) in [7, 11) is 1.78. The van der Waals surface area contributed by atoms with Crippen molar-refractivity contribution in [1.82, 2.24) is 4.90 Å². The molecule has 2 aromatic heterocycles. The maximum absolute atomic E-state index is 12.0. The first-order valence-electron chi connectivity index (χ1n) is 5.74. The van der Waals surface area contributed by atoms with Crippen molar-refractivity contribution < 1.29 is 9.52 Å². The third-order valence-corrected chi connectivity index (χ3v) is 4.40. The minimum absolute atomic E-state index is 0.0160. The van der Waals surface area contributed by atoms with Crippen molar-refractivity contribution in [3.05, 3.63) is 52.0 Å². The van der Waals surface area contributed by atoms with E-state index in [1.54, 1.807) is 41.5 Å². The lowest BCUT2D eigenvalue weighted by Crippen LogP contribution is -2.30. The number of thioether (sulfide) groups is 1. The lowest BCUT2D eigenvalue weighted by molar-refractivity contribution is -0.645.